The Balaban J connectivity index is 2.18. The molecule has 0 spiro atoms. The molecule has 4 heteroatoms. The third-order valence-corrected chi connectivity index (χ3v) is 3.57. The average molecular weight is 304 g/mol. The number of nitrogens with zero attached hydrogens (tertiary/aromatic N) is 1. The molecular formula is C18H28N2O2. The third-order valence-electron chi connectivity index (χ3n) is 3.57. The molecule has 1 N–H and O–H groups in total. The second kappa shape index (κ2) is 11.0. The molecule has 1 amide bonds. The molecule has 0 atom stereocenters. The molecule has 0 saturated heterocycles. The van der Waals surface area contributed by atoms with Crippen LogP contribution in [0.4, 0.5) is 0 Å². The van der Waals surface area contributed by atoms with Crippen LogP contribution >= 0.6 is 0 Å². The van der Waals surface area contributed by atoms with Crippen molar-refractivity contribution in [3.8, 4) is 0 Å². The van der Waals surface area contributed by atoms with E-state index in [0.717, 1.165) is 30.8 Å². The average Bonchev–Trinajstić information content (AvgIpc) is 2.55. The molecule has 0 aliphatic rings. The van der Waals surface area contributed by atoms with Crippen molar-refractivity contribution in [2.45, 2.75) is 20.8 Å². The van der Waals surface area contributed by atoms with Gasteiger partial charge in [-0.15, -0.1) is 0 Å². The first-order chi connectivity index (χ1) is 10.7. The Morgan fingerprint density at radius 2 is 1.86 bits per heavy atom. The number of carbonyl (C=O) groups is 1. The largest absolute Gasteiger partial charge is 0.378 e. The lowest BCUT2D eigenvalue weighted by atomic mass is 10.1. The number of amides is 1. The van der Waals surface area contributed by atoms with Crippen LogP contribution in [0.15, 0.2) is 36.4 Å². The number of benzene rings is 1. The van der Waals surface area contributed by atoms with E-state index in [-0.39, 0.29) is 5.91 Å². The lowest BCUT2D eigenvalue weighted by Crippen LogP contribution is -2.29. The maximum absolute atomic E-state index is 11.8. The number of rotatable bonds is 10. The van der Waals surface area contributed by atoms with Gasteiger partial charge in [0.1, 0.15) is 0 Å². The molecule has 122 valence electrons. The lowest BCUT2D eigenvalue weighted by molar-refractivity contribution is -0.116. The van der Waals surface area contributed by atoms with E-state index in [1.165, 1.54) is 0 Å². The molecule has 1 rings (SSSR count). The number of hydrogen-bond donors (Lipinski definition) is 1. The van der Waals surface area contributed by atoms with Gasteiger partial charge in [0.05, 0.1) is 13.2 Å². The van der Waals surface area contributed by atoms with Crippen LogP contribution in [0.5, 0.6) is 0 Å². The van der Waals surface area contributed by atoms with Crippen molar-refractivity contribution in [1.82, 2.24) is 10.2 Å². The van der Waals surface area contributed by atoms with Crippen molar-refractivity contribution in [2.24, 2.45) is 0 Å². The van der Waals surface area contributed by atoms with Crippen LogP contribution in [0.2, 0.25) is 0 Å². The highest BCUT2D eigenvalue weighted by atomic mass is 16.5. The molecule has 0 radical (unpaired) electrons. The van der Waals surface area contributed by atoms with Crippen LogP contribution in [0.3, 0.4) is 0 Å². The van der Waals surface area contributed by atoms with Crippen molar-refractivity contribution in [3.63, 3.8) is 0 Å². The van der Waals surface area contributed by atoms with Gasteiger partial charge in [0.2, 0.25) is 5.91 Å². The minimum absolute atomic E-state index is 0.0753. The van der Waals surface area contributed by atoms with Gasteiger partial charge in [-0.3, -0.25) is 4.79 Å². The fourth-order valence-electron chi connectivity index (χ4n) is 2.11. The Kier molecular flexibility index (Phi) is 9.19. The summed E-state index contributed by atoms with van der Waals surface area (Å²) in [5, 5.41) is 2.85. The van der Waals surface area contributed by atoms with Crippen LogP contribution < -0.4 is 5.32 Å². The number of likely N-dealkylation sites (N-methyl/N-ethyl adjacent to an activating group) is 1. The smallest absolute Gasteiger partial charge is 0.244 e. The number of carbonyl (C=O) groups excluding carboxylic acids is 1. The van der Waals surface area contributed by atoms with Gasteiger partial charge in [0.25, 0.3) is 0 Å². The van der Waals surface area contributed by atoms with Gasteiger partial charge in [-0.2, -0.15) is 0 Å². The zero-order valence-electron chi connectivity index (χ0n) is 14.0. The quantitative estimate of drug-likeness (QED) is 0.533. The van der Waals surface area contributed by atoms with E-state index in [4.69, 9.17) is 4.74 Å². The normalized spacial score (nSPS) is 11.7. The maximum atomic E-state index is 11.8. The summed E-state index contributed by atoms with van der Waals surface area (Å²) in [5.74, 6) is -0.0753. The molecule has 0 heterocycles. The fraction of sp³-hybridized carbons (Fsp3) is 0.500. The van der Waals surface area contributed by atoms with Gasteiger partial charge in [0.15, 0.2) is 0 Å². The molecule has 4 nitrogen and oxygen atoms in total. The fourth-order valence-corrected chi connectivity index (χ4v) is 2.11. The third kappa shape index (κ3) is 7.38. The van der Waals surface area contributed by atoms with Gasteiger partial charge in [-0.1, -0.05) is 44.2 Å². The van der Waals surface area contributed by atoms with Crippen molar-refractivity contribution in [1.29, 1.82) is 0 Å². The maximum Gasteiger partial charge on any atom is 0.244 e. The highest BCUT2D eigenvalue weighted by molar-refractivity contribution is 5.94. The second-order valence-corrected chi connectivity index (χ2v) is 5.12. The first kappa shape index (κ1) is 18.4. The van der Waals surface area contributed by atoms with Crippen molar-refractivity contribution < 1.29 is 9.53 Å². The van der Waals surface area contributed by atoms with Crippen LogP contribution in [-0.2, 0) is 9.53 Å². The SMILES string of the molecule is CCN(CC)CCOCCNC(=O)/C=C(\C)c1ccccc1. The summed E-state index contributed by atoms with van der Waals surface area (Å²) in [6.07, 6.45) is 1.63. The lowest BCUT2D eigenvalue weighted by Gasteiger charge is -2.17. The Bertz CT molecular complexity index is 453. The highest BCUT2D eigenvalue weighted by Gasteiger charge is 2.01. The Morgan fingerprint density at radius 3 is 2.50 bits per heavy atom. The molecule has 0 saturated carbocycles. The molecule has 0 aromatic heterocycles. The zero-order chi connectivity index (χ0) is 16.2. The Labute approximate surface area is 134 Å². The number of hydrogen-bond acceptors (Lipinski definition) is 3. The standard InChI is InChI=1S/C18H28N2O2/c1-4-20(5-2)12-14-22-13-11-19-18(21)15-16(3)17-9-7-6-8-10-17/h6-10,15H,4-5,11-14H2,1-3H3,(H,19,21)/b16-15+. The first-order valence-corrected chi connectivity index (χ1v) is 7.99. The summed E-state index contributed by atoms with van der Waals surface area (Å²) in [4.78, 5) is 14.1. The molecule has 0 bridgehead atoms. The first-order valence-electron chi connectivity index (χ1n) is 7.99. The molecule has 22 heavy (non-hydrogen) atoms. The van der Waals surface area contributed by atoms with Crippen LogP contribution in [0.25, 0.3) is 5.57 Å². The van der Waals surface area contributed by atoms with Gasteiger partial charge in [-0.05, 0) is 31.1 Å². The van der Waals surface area contributed by atoms with Gasteiger partial charge >= 0.3 is 0 Å². The second-order valence-electron chi connectivity index (χ2n) is 5.12. The summed E-state index contributed by atoms with van der Waals surface area (Å²) in [7, 11) is 0. The van der Waals surface area contributed by atoms with E-state index in [0.29, 0.717) is 19.8 Å². The van der Waals surface area contributed by atoms with E-state index in [9.17, 15) is 4.79 Å². The monoisotopic (exact) mass is 304 g/mol. The van der Waals surface area contributed by atoms with E-state index >= 15 is 0 Å². The van der Waals surface area contributed by atoms with E-state index in [1.807, 2.05) is 37.3 Å². The number of nitrogens with one attached hydrogen (secondary N) is 1. The summed E-state index contributed by atoms with van der Waals surface area (Å²) in [5.41, 5.74) is 2.02. The number of ether oxygens (including phenoxy) is 1. The van der Waals surface area contributed by atoms with Gasteiger partial charge < -0.3 is 15.0 Å². The molecule has 0 unspecified atom stereocenters. The van der Waals surface area contributed by atoms with Crippen LogP contribution in [0, 0.1) is 0 Å². The molecule has 1 aromatic carbocycles. The molecule has 0 fully saturated rings. The van der Waals surface area contributed by atoms with E-state index < -0.39 is 0 Å². The Hall–Kier alpha value is -1.65. The van der Waals surface area contributed by atoms with Gasteiger partial charge in [0, 0.05) is 19.2 Å². The summed E-state index contributed by atoms with van der Waals surface area (Å²) in [6, 6.07) is 9.89. The number of allylic oxidation sites excluding steroid dienone is 1. The molecule has 1 aromatic rings. The highest BCUT2D eigenvalue weighted by Crippen LogP contribution is 2.11. The topological polar surface area (TPSA) is 41.6 Å². The minimum Gasteiger partial charge on any atom is -0.378 e. The summed E-state index contributed by atoms with van der Waals surface area (Å²) < 4.78 is 5.53. The van der Waals surface area contributed by atoms with Gasteiger partial charge in [-0.25, -0.2) is 0 Å². The van der Waals surface area contributed by atoms with Crippen LogP contribution in [0.1, 0.15) is 26.3 Å². The Morgan fingerprint density at radius 1 is 1.18 bits per heavy atom. The zero-order valence-corrected chi connectivity index (χ0v) is 14.0. The van der Waals surface area contributed by atoms with E-state index in [1.54, 1.807) is 6.08 Å². The predicted molar refractivity (Wildman–Crippen MR) is 91.7 cm³/mol. The summed E-state index contributed by atoms with van der Waals surface area (Å²) >= 11 is 0. The van der Waals surface area contributed by atoms with E-state index in [2.05, 4.69) is 24.1 Å². The predicted octanol–water partition coefficient (Wildman–Crippen LogP) is 2.56. The van der Waals surface area contributed by atoms with Crippen molar-refractivity contribution in [3.05, 3.63) is 42.0 Å². The molecular weight excluding hydrogens is 276 g/mol. The molecule has 0 aliphatic heterocycles. The molecule has 0 aliphatic carbocycles. The minimum atomic E-state index is -0.0753. The van der Waals surface area contributed by atoms with Crippen molar-refractivity contribution in [2.75, 3.05) is 39.4 Å². The van der Waals surface area contributed by atoms with Crippen molar-refractivity contribution >= 4 is 11.5 Å². The summed E-state index contributed by atoms with van der Waals surface area (Å²) in [6.45, 7) is 11.0. The van der Waals surface area contributed by atoms with Crippen LogP contribution in [-0.4, -0.2) is 50.2 Å².